The molecule has 2 saturated heterocycles. The summed E-state index contributed by atoms with van der Waals surface area (Å²) in [5.41, 5.74) is 2.10. The lowest BCUT2D eigenvalue weighted by Crippen LogP contribution is -2.56. The predicted octanol–water partition coefficient (Wildman–Crippen LogP) is 8.64. The minimum Gasteiger partial charge on any atom is -0.508 e. The van der Waals surface area contributed by atoms with Crippen LogP contribution in [0.1, 0.15) is 68.8 Å². The number of hydrogen-bond acceptors (Lipinski definition) is 12. The van der Waals surface area contributed by atoms with Crippen LogP contribution in [0.4, 0.5) is 16.2 Å². The van der Waals surface area contributed by atoms with Crippen LogP contribution in [0.25, 0.3) is 0 Å². The number of nitro groups is 1. The highest BCUT2D eigenvalue weighted by Crippen LogP contribution is 2.66. The molecule has 0 aromatic heterocycles. The Labute approximate surface area is 432 Å². The van der Waals surface area contributed by atoms with Crippen molar-refractivity contribution in [2.24, 2.45) is 5.92 Å². The summed E-state index contributed by atoms with van der Waals surface area (Å²) in [5.74, 6) is 2.25. The van der Waals surface area contributed by atoms with Gasteiger partial charge < -0.3 is 25.0 Å². The molecule has 7 aromatic rings. The Kier molecular flexibility index (Phi) is 14.1. The van der Waals surface area contributed by atoms with Gasteiger partial charge in [0.15, 0.2) is 0 Å². The number of carbonyl (C=O) groups is 4. The Morgan fingerprint density at radius 1 is 0.787 bits per heavy atom. The van der Waals surface area contributed by atoms with Gasteiger partial charge in [0.25, 0.3) is 5.69 Å². The van der Waals surface area contributed by atoms with Gasteiger partial charge >= 0.3 is 12.1 Å². The molecule has 2 fully saturated rings. The number of hydrogen-bond donors (Lipinski definition) is 3. The maximum absolute atomic E-state index is 16.6. The average Bonchev–Trinajstić information content (AvgIpc) is 4.03. The number of non-ortho nitro benzene ring substituents is 1. The maximum atomic E-state index is 16.6. The summed E-state index contributed by atoms with van der Waals surface area (Å²) >= 11 is 0. The van der Waals surface area contributed by atoms with Crippen molar-refractivity contribution in [2.75, 3.05) is 25.0 Å². The van der Waals surface area contributed by atoms with Crippen LogP contribution in [0.2, 0.25) is 0 Å². The maximum Gasteiger partial charge on any atom is 0.421 e. The van der Waals surface area contributed by atoms with Crippen LogP contribution in [0.5, 0.6) is 5.75 Å². The number of rotatable bonds is 13. The van der Waals surface area contributed by atoms with Crippen molar-refractivity contribution < 1.29 is 43.8 Å². The molecule has 0 unspecified atom stereocenters. The quantitative estimate of drug-likeness (QED) is 0.0432. The van der Waals surface area contributed by atoms with E-state index in [1.165, 1.54) is 36.4 Å². The number of nitro benzene ring substituents is 1. The minimum absolute atomic E-state index is 0.0652. The van der Waals surface area contributed by atoms with Crippen molar-refractivity contribution in [3.05, 3.63) is 243 Å². The number of aliphatic hydroxyl groups is 1. The number of aliphatic hydroxyl groups excluding tert-OH is 1. The van der Waals surface area contributed by atoms with Gasteiger partial charge in [-0.1, -0.05) is 145 Å². The number of cyclic esters (lactones) is 1. The monoisotopic (exact) mass is 1000 g/mol. The molecule has 3 N–H and O–H groups in total. The van der Waals surface area contributed by atoms with Crippen LogP contribution < -0.4 is 10.2 Å². The smallest absolute Gasteiger partial charge is 0.421 e. The van der Waals surface area contributed by atoms with Gasteiger partial charge in [0.05, 0.1) is 41.3 Å². The number of imide groups is 1. The fourth-order valence-electron chi connectivity index (χ4n) is 10.9. The van der Waals surface area contributed by atoms with Crippen molar-refractivity contribution in [3.63, 3.8) is 0 Å². The number of fused-ring (bicyclic) bond motifs is 3. The number of amides is 3. The van der Waals surface area contributed by atoms with Crippen LogP contribution in [-0.2, 0) is 42.4 Å². The van der Waals surface area contributed by atoms with Crippen LogP contribution in [0.3, 0.4) is 0 Å². The van der Waals surface area contributed by atoms with Gasteiger partial charge in [0.1, 0.15) is 29.9 Å². The number of esters is 1. The van der Waals surface area contributed by atoms with E-state index in [1.54, 1.807) is 60.7 Å². The number of carbonyl (C=O) groups excluding carboxylic acids is 4. The highest BCUT2D eigenvalue weighted by molar-refractivity contribution is 6.23. The van der Waals surface area contributed by atoms with E-state index >= 15 is 14.4 Å². The van der Waals surface area contributed by atoms with Gasteiger partial charge in [0.2, 0.25) is 11.8 Å². The number of aromatic hydroxyl groups is 1. The molecular formula is C60H51N5O10. The van der Waals surface area contributed by atoms with E-state index in [-0.39, 0.29) is 35.8 Å². The fraction of sp³-hybridized carbons (Fsp3) is 0.200. The van der Waals surface area contributed by atoms with Gasteiger partial charge in [-0.25, -0.2) is 9.69 Å². The third kappa shape index (κ3) is 9.61. The van der Waals surface area contributed by atoms with E-state index in [0.717, 1.165) is 10.5 Å². The first-order chi connectivity index (χ1) is 36.4. The van der Waals surface area contributed by atoms with E-state index in [0.29, 0.717) is 46.5 Å². The Balaban J connectivity index is 1.18. The molecule has 0 bridgehead atoms. The molecule has 3 aliphatic rings. The lowest BCUT2D eigenvalue weighted by Gasteiger charge is -2.46. The second-order valence-electron chi connectivity index (χ2n) is 18.8. The largest absolute Gasteiger partial charge is 0.508 e. The zero-order valence-corrected chi connectivity index (χ0v) is 40.6. The summed E-state index contributed by atoms with van der Waals surface area (Å²) in [4.78, 5) is 78.4. The molecule has 3 heterocycles. The Morgan fingerprint density at radius 3 is 2.07 bits per heavy atom. The second kappa shape index (κ2) is 21.3. The number of phenolic OH excluding ortho intramolecular Hbond substituents is 1. The van der Waals surface area contributed by atoms with Crippen LogP contribution in [0.15, 0.2) is 188 Å². The molecule has 3 amide bonds. The molecule has 0 radical (unpaired) electrons. The minimum atomic E-state index is -2.18. The summed E-state index contributed by atoms with van der Waals surface area (Å²) in [5, 5.41) is 36.7. The topological polar surface area (TPSA) is 192 Å². The molecular weight excluding hydrogens is 951 g/mol. The molecule has 15 heteroatoms. The Morgan fingerprint density at radius 2 is 1.41 bits per heavy atom. The van der Waals surface area contributed by atoms with Crippen molar-refractivity contribution in [1.82, 2.24) is 15.1 Å². The third-order valence-electron chi connectivity index (χ3n) is 14.2. The van der Waals surface area contributed by atoms with E-state index in [2.05, 4.69) is 17.2 Å². The van der Waals surface area contributed by atoms with E-state index in [1.807, 2.05) is 108 Å². The molecule has 10 rings (SSSR count). The first-order valence-corrected chi connectivity index (χ1v) is 24.4. The predicted molar refractivity (Wildman–Crippen MR) is 277 cm³/mol. The molecule has 3 aliphatic heterocycles. The van der Waals surface area contributed by atoms with E-state index in [9.17, 15) is 25.1 Å². The average molecular weight is 1000 g/mol. The first-order valence-electron chi connectivity index (χ1n) is 24.4. The normalized spacial score (nSPS) is 21.1. The number of nitrogens with one attached hydrogen (secondary N) is 1. The zero-order chi connectivity index (χ0) is 52.2. The number of anilines is 1. The zero-order valence-electron chi connectivity index (χ0n) is 40.6. The molecule has 0 aliphatic carbocycles. The lowest BCUT2D eigenvalue weighted by atomic mass is 9.65. The number of morpholine rings is 1. The summed E-state index contributed by atoms with van der Waals surface area (Å²) in [7, 11) is 1.94. The molecule has 7 aromatic carbocycles. The Bertz CT molecular complexity index is 3300. The third-order valence-corrected chi connectivity index (χ3v) is 14.2. The van der Waals surface area contributed by atoms with Crippen molar-refractivity contribution in [1.29, 1.82) is 0 Å². The molecule has 376 valence electrons. The highest BCUT2D eigenvalue weighted by atomic mass is 16.6. The van der Waals surface area contributed by atoms with Crippen molar-refractivity contribution in [3.8, 4) is 17.6 Å². The van der Waals surface area contributed by atoms with Crippen LogP contribution in [0, 0.1) is 27.9 Å². The molecule has 75 heavy (non-hydrogen) atoms. The van der Waals surface area contributed by atoms with Gasteiger partial charge in [-0.3, -0.25) is 34.3 Å². The summed E-state index contributed by atoms with van der Waals surface area (Å²) in [6, 6.07) is 50.0. The molecule has 15 nitrogen and oxygen atoms in total. The summed E-state index contributed by atoms with van der Waals surface area (Å²) < 4.78 is 12.4. The Hall–Kier alpha value is -8.94. The SMILES string of the molecule is CN(CC#Cc1ccc2c(c1)[C@]1(C(=O)N2C(=O)OCc2ccc([N+](=O)[O-])cc2)[C@H](c2ccc(O)cc2)N2[C@H](c3ccccc3)[C@H](c3ccccc3)OC(=O)[C@H]2[C@@H]1C(=O)NC[C@H](O)c1ccccc1)Cc1ccccc1. The standard InChI is InChI=1S/C60H51N5O10/c1-62(37-40-15-6-2-7-16-40)34-14-17-39-26-33-49-48(35-39)60(58(70)63(49)59(71)74-38-41-24-29-46(30-25-41)65(72)73)51(56(68)61-36-50(67)42-18-8-3-9-19-42)53-57(69)75-54(44-22-12-5-13-23-44)52(43-20-10-4-11-21-43)64(53)55(60)45-27-31-47(66)32-28-45/h2-13,15-16,18-33,35,50-55,66-67H,34,36-38H2,1H3,(H,61,68)/t50-,51+,52+,53+,54-,55-,60+/m0/s1. The lowest BCUT2D eigenvalue weighted by molar-refractivity contribution is -0.384. The molecule has 0 saturated carbocycles. The van der Waals surface area contributed by atoms with Gasteiger partial charge in [-0.15, -0.1) is 0 Å². The van der Waals surface area contributed by atoms with Crippen LogP contribution in [-0.4, -0.2) is 75.0 Å². The van der Waals surface area contributed by atoms with E-state index in [4.69, 9.17) is 9.47 Å². The number of ether oxygens (including phenoxy) is 2. The summed E-state index contributed by atoms with van der Waals surface area (Å²) in [6.45, 7) is 0.267. The van der Waals surface area contributed by atoms with Gasteiger partial charge in [0, 0.05) is 30.8 Å². The van der Waals surface area contributed by atoms with Gasteiger partial charge in [-0.2, -0.15) is 0 Å². The van der Waals surface area contributed by atoms with Crippen molar-refractivity contribution >= 4 is 35.3 Å². The molecule has 7 atom stereocenters. The van der Waals surface area contributed by atoms with Gasteiger partial charge in [-0.05, 0) is 88.5 Å². The summed E-state index contributed by atoms with van der Waals surface area (Å²) in [6.07, 6.45) is -3.30. The molecule has 1 spiro atoms. The number of benzene rings is 7. The first kappa shape index (κ1) is 49.6. The number of nitrogens with zero attached hydrogens (tertiary/aromatic N) is 4. The highest BCUT2D eigenvalue weighted by Gasteiger charge is 2.75. The van der Waals surface area contributed by atoms with Crippen molar-refractivity contribution in [2.45, 2.75) is 48.9 Å². The van der Waals surface area contributed by atoms with Crippen LogP contribution >= 0.6 is 0 Å². The number of phenols is 1. The van der Waals surface area contributed by atoms with E-state index < -0.39 is 70.5 Å². The second-order valence-corrected chi connectivity index (χ2v) is 18.8. The fourth-order valence-corrected chi connectivity index (χ4v) is 10.9.